The molecule has 0 aromatic heterocycles. The highest BCUT2D eigenvalue weighted by molar-refractivity contribution is 6.21. The third-order valence-electron chi connectivity index (χ3n) is 11.0. The van der Waals surface area contributed by atoms with Crippen molar-refractivity contribution in [2.75, 3.05) is 0 Å². The minimum absolute atomic E-state index is 1.18. The Hall–Kier alpha value is -7.28. The van der Waals surface area contributed by atoms with E-state index in [1.54, 1.807) is 0 Å². The zero-order chi connectivity index (χ0) is 37.3. The van der Waals surface area contributed by atoms with Gasteiger partial charge in [-0.1, -0.05) is 212 Å². The van der Waals surface area contributed by atoms with Crippen molar-refractivity contribution >= 4 is 21.5 Å². The van der Waals surface area contributed by atoms with Gasteiger partial charge in [0.15, 0.2) is 0 Å². The van der Waals surface area contributed by atoms with Gasteiger partial charge in [0.2, 0.25) is 0 Å². The average molecular weight is 711 g/mol. The summed E-state index contributed by atoms with van der Waals surface area (Å²) in [6.07, 6.45) is 0. The number of benzene rings is 10. The van der Waals surface area contributed by atoms with Crippen LogP contribution in [0.4, 0.5) is 0 Å². The summed E-state index contributed by atoms with van der Waals surface area (Å²) in [5.41, 5.74) is 17.0. The Bertz CT molecular complexity index is 2910. The number of rotatable bonds is 7. The third kappa shape index (κ3) is 5.99. The van der Waals surface area contributed by atoms with E-state index in [2.05, 4.69) is 231 Å². The monoisotopic (exact) mass is 710 g/mol. The van der Waals surface area contributed by atoms with Crippen molar-refractivity contribution in [3.63, 3.8) is 0 Å². The molecule has 0 atom stereocenters. The smallest absolute Gasteiger partial charge is 0.00206 e. The van der Waals surface area contributed by atoms with Gasteiger partial charge >= 0.3 is 0 Å². The van der Waals surface area contributed by atoms with Crippen LogP contribution in [-0.2, 0) is 0 Å². The summed E-state index contributed by atoms with van der Waals surface area (Å²) in [7, 11) is 0. The fourth-order valence-electron chi connectivity index (χ4n) is 8.59. The lowest BCUT2D eigenvalue weighted by Gasteiger charge is -2.22. The summed E-state index contributed by atoms with van der Waals surface area (Å²) < 4.78 is 0. The van der Waals surface area contributed by atoms with Crippen molar-refractivity contribution in [2.45, 2.75) is 0 Å². The molecule has 56 heavy (non-hydrogen) atoms. The van der Waals surface area contributed by atoms with E-state index in [-0.39, 0.29) is 0 Å². The Morgan fingerprint density at radius 1 is 0.161 bits per heavy atom. The minimum atomic E-state index is 1.18. The van der Waals surface area contributed by atoms with E-state index < -0.39 is 0 Å². The fraction of sp³-hybridized carbons (Fsp3) is 0. The van der Waals surface area contributed by atoms with Crippen LogP contribution in [0.3, 0.4) is 0 Å². The molecule has 0 heteroatoms. The van der Waals surface area contributed by atoms with Crippen LogP contribution in [-0.4, -0.2) is 0 Å². The summed E-state index contributed by atoms with van der Waals surface area (Å²) in [6.45, 7) is 0. The van der Waals surface area contributed by atoms with Gasteiger partial charge in [0.05, 0.1) is 0 Å². The van der Waals surface area contributed by atoms with Gasteiger partial charge in [0.25, 0.3) is 0 Å². The molecular formula is C56H38. The first-order chi connectivity index (χ1) is 27.8. The van der Waals surface area contributed by atoms with Gasteiger partial charge in [-0.05, 0) is 118 Å². The van der Waals surface area contributed by atoms with Crippen LogP contribution >= 0.6 is 0 Å². The van der Waals surface area contributed by atoms with Crippen LogP contribution in [0.25, 0.3) is 99.4 Å². The number of hydrogen-bond acceptors (Lipinski definition) is 0. The lowest BCUT2D eigenvalue weighted by Crippen LogP contribution is -1.96. The Morgan fingerprint density at radius 3 is 0.875 bits per heavy atom. The van der Waals surface area contributed by atoms with Crippen molar-refractivity contribution in [3.05, 3.63) is 231 Å². The standard InChI is InChI=1S/C56H38/c1-6-20-39(21-7-1)44-36-45(38-46(37-44)54-51-32-18-16-30-49(51)53(41-24-10-3-11-25-41)50-31-17-19-33-52(50)54)48-35-34-47(40-22-8-2-9-23-40)55(42-26-12-4-13-27-42)56(48)43-28-14-5-15-29-43/h1-38H. The van der Waals surface area contributed by atoms with Crippen LogP contribution in [0.2, 0.25) is 0 Å². The molecule has 10 aromatic rings. The summed E-state index contributed by atoms with van der Waals surface area (Å²) in [5, 5.41) is 4.99. The highest BCUT2D eigenvalue weighted by Gasteiger charge is 2.22. The zero-order valence-corrected chi connectivity index (χ0v) is 30.9. The molecule has 0 spiro atoms. The van der Waals surface area contributed by atoms with Gasteiger partial charge in [-0.25, -0.2) is 0 Å². The van der Waals surface area contributed by atoms with E-state index in [9.17, 15) is 0 Å². The second kappa shape index (κ2) is 14.5. The van der Waals surface area contributed by atoms with E-state index in [4.69, 9.17) is 0 Å². The predicted octanol–water partition coefficient (Wildman–Crippen LogP) is 15.7. The molecule has 0 aliphatic heterocycles. The highest BCUT2D eigenvalue weighted by Crippen LogP contribution is 2.49. The molecule has 0 nitrogen and oxygen atoms in total. The number of fused-ring (bicyclic) bond motifs is 2. The Balaban J connectivity index is 1.32. The molecule has 0 N–H and O–H groups in total. The van der Waals surface area contributed by atoms with Gasteiger partial charge in [-0.2, -0.15) is 0 Å². The maximum Gasteiger partial charge on any atom is -0.00206 e. The molecule has 0 radical (unpaired) electrons. The lowest BCUT2D eigenvalue weighted by molar-refractivity contribution is 1.53. The van der Waals surface area contributed by atoms with Gasteiger partial charge in [-0.15, -0.1) is 0 Å². The highest BCUT2D eigenvalue weighted by atomic mass is 14.2. The third-order valence-corrected chi connectivity index (χ3v) is 11.0. The van der Waals surface area contributed by atoms with Gasteiger partial charge in [0, 0.05) is 0 Å². The van der Waals surface area contributed by atoms with Crippen molar-refractivity contribution in [1.29, 1.82) is 0 Å². The lowest BCUT2D eigenvalue weighted by atomic mass is 9.81. The molecule has 0 heterocycles. The fourth-order valence-corrected chi connectivity index (χ4v) is 8.59. The van der Waals surface area contributed by atoms with E-state index >= 15 is 0 Å². The Morgan fingerprint density at radius 2 is 0.446 bits per heavy atom. The summed E-state index contributed by atoms with van der Waals surface area (Å²) in [4.78, 5) is 0. The predicted molar refractivity (Wildman–Crippen MR) is 240 cm³/mol. The quantitative estimate of drug-likeness (QED) is 0.144. The van der Waals surface area contributed by atoms with Gasteiger partial charge in [0.1, 0.15) is 0 Å². The SMILES string of the molecule is c1ccc(-c2cc(-c3ccc(-c4ccccc4)c(-c4ccccc4)c3-c3ccccc3)cc(-c3c4ccccc4c(-c4ccccc4)c4ccccc34)c2)cc1. The van der Waals surface area contributed by atoms with Gasteiger partial charge in [-0.3, -0.25) is 0 Å². The van der Waals surface area contributed by atoms with Crippen molar-refractivity contribution in [1.82, 2.24) is 0 Å². The second-order valence-electron chi connectivity index (χ2n) is 14.4. The molecule has 10 rings (SSSR count). The molecule has 262 valence electrons. The molecule has 10 aromatic carbocycles. The molecule has 0 saturated heterocycles. The van der Waals surface area contributed by atoms with Crippen LogP contribution < -0.4 is 0 Å². The van der Waals surface area contributed by atoms with Gasteiger partial charge < -0.3 is 0 Å². The Kier molecular flexibility index (Phi) is 8.63. The molecule has 0 saturated carbocycles. The van der Waals surface area contributed by atoms with Crippen LogP contribution in [0.1, 0.15) is 0 Å². The summed E-state index contributed by atoms with van der Waals surface area (Å²) in [6, 6.07) is 84.1. The first kappa shape index (κ1) is 33.3. The molecule has 0 aliphatic rings. The normalized spacial score (nSPS) is 11.2. The largest absolute Gasteiger partial charge is 0.0622 e. The maximum atomic E-state index is 2.43. The van der Waals surface area contributed by atoms with Crippen LogP contribution in [0.15, 0.2) is 231 Å². The first-order valence-corrected chi connectivity index (χ1v) is 19.4. The molecule has 0 amide bonds. The topological polar surface area (TPSA) is 0 Å². The average Bonchev–Trinajstić information content (AvgIpc) is 3.29. The molecule has 0 aliphatic carbocycles. The van der Waals surface area contributed by atoms with E-state index in [1.807, 2.05) is 0 Å². The Labute approximate surface area is 328 Å². The first-order valence-electron chi connectivity index (χ1n) is 19.4. The minimum Gasteiger partial charge on any atom is -0.0622 e. The van der Waals surface area contributed by atoms with Crippen molar-refractivity contribution < 1.29 is 0 Å². The molecule has 0 unspecified atom stereocenters. The maximum absolute atomic E-state index is 2.43. The summed E-state index contributed by atoms with van der Waals surface area (Å²) in [5.74, 6) is 0. The van der Waals surface area contributed by atoms with E-state index in [0.29, 0.717) is 0 Å². The van der Waals surface area contributed by atoms with Crippen molar-refractivity contribution in [2.24, 2.45) is 0 Å². The van der Waals surface area contributed by atoms with Crippen LogP contribution in [0.5, 0.6) is 0 Å². The van der Waals surface area contributed by atoms with E-state index in [1.165, 1.54) is 99.4 Å². The molecule has 0 bridgehead atoms. The summed E-state index contributed by atoms with van der Waals surface area (Å²) >= 11 is 0. The zero-order valence-electron chi connectivity index (χ0n) is 30.9. The number of hydrogen-bond donors (Lipinski definition) is 0. The molecular weight excluding hydrogens is 673 g/mol. The van der Waals surface area contributed by atoms with Crippen molar-refractivity contribution in [3.8, 4) is 77.9 Å². The molecule has 0 fully saturated rings. The second-order valence-corrected chi connectivity index (χ2v) is 14.4. The van der Waals surface area contributed by atoms with E-state index in [0.717, 1.165) is 0 Å². The van der Waals surface area contributed by atoms with Crippen LogP contribution in [0, 0.1) is 0 Å².